The van der Waals surface area contributed by atoms with E-state index in [1.165, 1.54) is 18.1 Å². The molecule has 1 N–H and O–H groups in total. The number of benzene rings is 1. The lowest BCUT2D eigenvalue weighted by Gasteiger charge is -2.32. The average molecular weight is 370 g/mol. The van der Waals surface area contributed by atoms with Crippen LogP contribution in [0.3, 0.4) is 0 Å². The molecule has 2 aliphatic carbocycles. The van der Waals surface area contributed by atoms with Gasteiger partial charge in [-0.25, -0.2) is 4.79 Å². The fourth-order valence-electron chi connectivity index (χ4n) is 3.82. The number of rotatable bonds is 6. The van der Waals surface area contributed by atoms with E-state index < -0.39 is 23.5 Å². The summed E-state index contributed by atoms with van der Waals surface area (Å²) >= 11 is 0. The zero-order chi connectivity index (χ0) is 19.3. The third-order valence-corrected chi connectivity index (χ3v) is 5.39. The Morgan fingerprint density at radius 3 is 2.67 bits per heavy atom. The number of aryl methyl sites for hydroxylation is 2. The quantitative estimate of drug-likeness (QED) is 0.778. The molecule has 6 heteroatoms. The standard InChI is InChI=1S/C21H26N2O4/c1-15(20(25)23-21(14-22)10-3-2-4-11-21)27-19(24)13-26-18-9-8-16-6-5-7-17(16)12-18/h8-9,12,15H,2-7,10-11,13H2,1H3,(H,23,25)/t15-/m0/s1. The summed E-state index contributed by atoms with van der Waals surface area (Å²) in [7, 11) is 0. The van der Waals surface area contributed by atoms with Crippen LogP contribution in [0.2, 0.25) is 0 Å². The number of amides is 1. The van der Waals surface area contributed by atoms with Gasteiger partial charge in [0.1, 0.15) is 11.3 Å². The normalized spacial score (nSPS) is 18.7. The second kappa shape index (κ2) is 8.43. The van der Waals surface area contributed by atoms with E-state index in [0.717, 1.165) is 38.5 Å². The second-order valence-electron chi connectivity index (χ2n) is 7.45. The lowest BCUT2D eigenvalue weighted by molar-refractivity contribution is -0.157. The molecule has 2 aliphatic rings. The van der Waals surface area contributed by atoms with Crippen LogP contribution in [0.5, 0.6) is 5.75 Å². The minimum absolute atomic E-state index is 0.250. The molecule has 1 saturated carbocycles. The summed E-state index contributed by atoms with van der Waals surface area (Å²) in [6.07, 6.45) is 6.49. The van der Waals surface area contributed by atoms with Crippen LogP contribution in [-0.2, 0) is 27.2 Å². The highest BCUT2D eigenvalue weighted by atomic mass is 16.6. The number of ether oxygens (including phenoxy) is 2. The Labute approximate surface area is 159 Å². The molecule has 0 heterocycles. The SMILES string of the molecule is C[C@H](OC(=O)COc1ccc2c(c1)CCC2)C(=O)NC1(C#N)CCCCC1. The topological polar surface area (TPSA) is 88.4 Å². The van der Waals surface area contributed by atoms with Gasteiger partial charge in [-0.1, -0.05) is 25.3 Å². The molecule has 0 aliphatic heterocycles. The lowest BCUT2D eigenvalue weighted by Crippen LogP contribution is -2.52. The van der Waals surface area contributed by atoms with Crippen molar-refractivity contribution < 1.29 is 19.1 Å². The zero-order valence-electron chi connectivity index (χ0n) is 15.8. The molecular formula is C21H26N2O4. The largest absolute Gasteiger partial charge is 0.482 e. The van der Waals surface area contributed by atoms with Gasteiger partial charge in [0.05, 0.1) is 6.07 Å². The van der Waals surface area contributed by atoms with Crippen LogP contribution in [0.4, 0.5) is 0 Å². The maximum absolute atomic E-state index is 12.3. The van der Waals surface area contributed by atoms with Crippen molar-refractivity contribution in [2.45, 2.75) is 69.9 Å². The maximum atomic E-state index is 12.3. The van der Waals surface area contributed by atoms with Crippen molar-refractivity contribution in [1.29, 1.82) is 5.26 Å². The summed E-state index contributed by atoms with van der Waals surface area (Å²) < 4.78 is 10.7. The van der Waals surface area contributed by atoms with Gasteiger partial charge in [0.25, 0.3) is 5.91 Å². The fraction of sp³-hybridized carbons (Fsp3) is 0.571. The van der Waals surface area contributed by atoms with Crippen LogP contribution in [0, 0.1) is 11.3 Å². The first-order valence-electron chi connectivity index (χ1n) is 9.69. The van der Waals surface area contributed by atoms with Gasteiger partial charge in [-0.05, 0) is 62.3 Å². The van der Waals surface area contributed by atoms with Gasteiger partial charge in [-0.2, -0.15) is 5.26 Å². The Hall–Kier alpha value is -2.55. The molecule has 144 valence electrons. The monoisotopic (exact) mass is 370 g/mol. The molecule has 3 rings (SSSR count). The van der Waals surface area contributed by atoms with Crippen molar-refractivity contribution in [2.24, 2.45) is 0 Å². The molecule has 0 radical (unpaired) electrons. The average Bonchev–Trinajstić information content (AvgIpc) is 3.15. The number of hydrogen-bond acceptors (Lipinski definition) is 5. The Morgan fingerprint density at radius 2 is 1.93 bits per heavy atom. The molecule has 1 aromatic rings. The number of fused-ring (bicyclic) bond motifs is 1. The molecule has 1 atom stereocenters. The van der Waals surface area contributed by atoms with E-state index in [2.05, 4.69) is 11.4 Å². The highest BCUT2D eigenvalue weighted by molar-refractivity contribution is 5.84. The lowest BCUT2D eigenvalue weighted by atomic mass is 9.83. The van der Waals surface area contributed by atoms with Gasteiger partial charge in [-0.15, -0.1) is 0 Å². The van der Waals surface area contributed by atoms with Gasteiger partial charge >= 0.3 is 5.97 Å². The second-order valence-corrected chi connectivity index (χ2v) is 7.45. The Balaban J connectivity index is 1.47. The predicted octanol–water partition coefficient (Wildman–Crippen LogP) is 2.83. The first-order chi connectivity index (χ1) is 13.0. The number of hydrogen-bond donors (Lipinski definition) is 1. The van der Waals surface area contributed by atoms with Gasteiger partial charge < -0.3 is 14.8 Å². The molecule has 0 spiro atoms. The molecular weight excluding hydrogens is 344 g/mol. The first-order valence-corrected chi connectivity index (χ1v) is 9.69. The molecule has 0 aromatic heterocycles. The third kappa shape index (κ3) is 4.79. The van der Waals surface area contributed by atoms with E-state index >= 15 is 0 Å². The van der Waals surface area contributed by atoms with Crippen LogP contribution in [0.15, 0.2) is 18.2 Å². The van der Waals surface area contributed by atoms with Crippen molar-refractivity contribution in [1.82, 2.24) is 5.32 Å². The molecule has 0 bridgehead atoms. The molecule has 0 saturated heterocycles. The van der Waals surface area contributed by atoms with Gasteiger partial charge in [-0.3, -0.25) is 4.79 Å². The van der Waals surface area contributed by atoms with E-state index in [-0.39, 0.29) is 6.61 Å². The molecule has 27 heavy (non-hydrogen) atoms. The summed E-state index contributed by atoms with van der Waals surface area (Å²) in [4.78, 5) is 24.3. The predicted molar refractivity (Wildman–Crippen MR) is 99.1 cm³/mol. The van der Waals surface area contributed by atoms with E-state index in [1.54, 1.807) is 0 Å². The van der Waals surface area contributed by atoms with Crippen LogP contribution < -0.4 is 10.1 Å². The van der Waals surface area contributed by atoms with Crippen LogP contribution in [0.1, 0.15) is 56.6 Å². The smallest absolute Gasteiger partial charge is 0.344 e. The van der Waals surface area contributed by atoms with Crippen molar-refractivity contribution in [3.05, 3.63) is 29.3 Å². The number of nitrogens with zero attached hydrogens (tertiary/aromatic N) is 1. The highest BCUT2D eigenvalue weighted by Gasteiger charge is 2.35. The summed E-state index contributed by atoms with van der Waals surface area (Å²) in [6.45, 7) is 1.26. The number of nitriles is 1. The Bertz CT molecular complexity index is 747. The fourth-order valence-corrected chi connectivity index (χ4v) is 3.82. The van der Waals surface area contributed by atoms with Gasteiger partial charge in [0.15, 0.2) is 12.7 Å². The minimum Gasteiger partial charge on any atom is -0.482 e. The zero-order valence-corrected chi connectivity index (χ0v) is 15.8. The van der Waals surface area contributed by atoms with Crippen molar-refractivity contribution >= 4 is 11.9 Å². The maximum Gasteiger partial charge on any atom is 0.344 e. The van der Waals surface area contributed by atoms with Gasteiger partial charge in [0.2, 0.25) is 0 Å². The summed E-state index contributed by atoms with van der Waals surface area (Å²) in [5.74, 6) is -0.410. The number of nitrogens with one attached hydrogen (secondary N) is 1. The summed E-state index contributed by atoms with van der Waals surface area (Å²) in [5, 5.41) is 12.2. The van der Waals surface area contributed by atoms with Gasteiger partial charge in [0, 0.05) is 0 Å². The Kier molecular flexibility index (Phi) is 6.00. The van der Waals surface area contributed by atoms with E-state index in [9.17, 15) is 14.9 Å². The van der Waals surface area contributed by atoms with Crippen LogP contribution >= 0.6 is 0 Å². The summed E-state index contributed by atoms with van der Waals surface area (Å²) in [6, 6.07) is 8.08. The molecule has 0 unspecified atom stereocenters. The molecule has 1 aromatic carbocycles. The van der Waals surface area contributed by atoms with E-state index in [1.807, 2.05) is 18.2 Å². The molecule has 6 nitrogen and oxygen atoms in total. The third-order valence-electron chi connectivity index (χ3n) is 5.39. The summed E-state index contributed by atoms with van der Waals surface area (Å²) in [5.41, 5.74) is 1.77. The van der Waals surface area contributed by atoms with Crippen molar-refractivity contribution in [2.75, 3.05) is 6.61 Å². The minimum atomic E-state index is -0.965. The van der Waals surface area contributed by atoms with Crippen LogP contribution in [-0.4, -0.2) is 30.1 Å². The number of carbonyl (C=O) groups is 2. The first kappa shape index (κ1) is 19.2. The number of esters is 1. The van der Waals surface area contributed by atoms with E-state index in [0.29, 0.717) is 18.6 Å². The Morgan fingerprint density at radius 1 is 1.19 bits per heavy atom. The van der Waals surface area contributed by atoms with Crippen molar-refractivity contribution in [3.63, 3.8) is 0 Å². The highest BCUT2D eigenvalue weighted by Crippen LogP contribution is 2.28. The van der Waals surface area contributed by atoms with E-state index in [4.69, 9.17) is 9.47 Å². The molecule has 1 fully saturated rings. The van der Waals surface area contributed by atoms with Crippen molar-refractivity contribution in [3.8, 4) is 11.8 Å². The molecule has 1 amide bonds. The van der Waals surface area contributed by atoms with Crippen LogP contribution in [0.25, 0.3) is 0 Å². The number of carbonyl (C=O) groups excluding carboxylic acids is 2.